The number of aromatic nitrogens is 6. The molecule has 0 bridgehead atoms. The average molecular weight is 315 g/mol. The van der Waals surface area contributed by atoms with Crippen molar-refractivity contribution in [1.29, 1.82) is 0 Å². The van der Waals surface area contributed by atoms with Crippen molar-refractivity contribution in [2.45, 2.75) is 26.4 Å². The van der Waals surface area contributed by atoms with Gasteiger partial charge in [-0.05, 0) is 6.42 Å². The normalized spacial score (nSPS) is 11.0. The highest BCUT2D eigenvalue weighted by molar-refractivity contribution is 5.89. The summed E-state index contributed by atoms with van der Waals surface area (Å²) >= 11 is 0. The third-order valence-corrected chi connectivity index (χ3v) is 3.45. The molecule has 0 aliphatic heterocycles. The second kappa shape index (κ2) is 6.03. The van der Waals surface area contributed by atoms with Crippen LogP contribution in [0.3, 0.4) is 0 Å². The van der Waals surface area contributed by atoms with Gasteiger partial charge in [0.2, 0.25) is 5.91 Å². The number of fused-ring (bicyclic) bond motifs is 1. The van der Waals surface area contributed by atoms with Gasteiger partial charge in [-0.25, -0.2) is 9.67 Å². The first-order valence-electron chi connectivity index (χ1n) is 7.29. The van der Waals surface area contributed by atoms with E-state index in [1.54, 1.807) is 24.0 Å². The molecule has 1 N–H and O–H groups in total. The highest BCUT2D eigenvalue weighted by Crippen LogP contribution is 2.07. The van der Waals surface area contributed by atoms with Crippen molar-refractivity contribution in [3.63, 3.8) is 0 Å². The predicted octanol–water partition coefficient (Wildman–Crippen LogP) is 0.375. The summed E-state index contributed by atoms with van der Waals surface area (Å²) in [5.74, 6) is 0.301. The number of carbonyl (C=O) groups excluding carboxylic acids is 1. The molecule has 3 aromatic rings. The van der Waals surface area contributed by atoms with E-state index >= 15 is 0 Å². The van der Waals surface area contributed by atoms with E-state index in [0.717, 1.165) is 6.42 Å². The van der Waals surface area contributed by atoms with Gasteiger partial charge in [0.25, 0.3) is 5.56 Å². The van der Waals surface area contributed by atoms with Crippen molar-refractivity contribution in [2.75, 3.05) is 5.32 Å². The van der Waals surface area contributed by atoms with Crippen LogP contribution < -0.4 is 10.9 Å². The molecule has 0 saturated heterocycles. The lowest BCUT2D eigenvalue weighted by Gasteiger charge is -2.09. The molecule has 0 fully saturated rings. The molecular weight excluding hydrogens is 298 g/mol. The van der Waals surface area contributed by atoms with Crippen LogP contribution in [0.1, 0.15) is 13.3 Å². The summed E-state index contributed by atoms with van der Waals surface area (Å²) in [4.78, 5) is 28.7. The van der Waals surface area contributed by atoms with Gasteiger partial charge in [-0.1, -0.05) is 6.92 Å². The summed E-state index contributed by atoms with van der Waals surface area (Å²) in [5, 5.41) is 11.3. The minimum absolute atomic E-state index is 0.117. The number of carbonyl (C=O) groups is 1. The van der Waals surface area contributed by atoms with Gasteiger partial charge in [0, 0.05) is 19.7 Å². The van der Waals surface area contributed by atoms with Crippen molar-refractivity contribution in [3.05, 3.63) is 35.1 Å². The zero-order chi connectivity index (χ0) is 16.4. The van der Waals surface area contributed by atoms with Gasteiger partial charge < -0.3 is 5.32 Å². The summed E-state index contributed by atoms with van der Waals surface area (Å²) in [6, 6.07) is 1.72. The fourth-order valence-electron chi connectivity index (χ4n) is 2.35. The average Bonchev–Trinajstić information content (AvgIpc) is 3.10. The second-order valence-corrected chi connectivity index (χ2v) is 5.17. The SMILES string of the molecule is CCCn1nccc1NC(=O)Cn1cnc2c(cnn2C)c1=O. The maximum atomic E-state index is 12.3. The van der Waals surface area contributed by atoms with E-state index in [4.69, 9.17) is 0 Å². The number of hydrogen-bond donors (Lipinski definition) is 1. The van der Waals surface area contributed by atoms with Crippen LogP contribution in [0.5, 0.6) is 0 Å². The molecule has 9 nitrogen and oxygen atoms in total. The largest absolute Gasteiger partial charge is 0.309 e. The molecule has 0 aromatic carbocycles. The van der Waals surface area contributed by atoms with E-state index in [2.05, 4.69) is 20.5 Å². The second-order valence-electron chi connectivity index (χ2n) is 5.17. The van der Waals surface area contributed by atoms with E-state index in [0.29, 0.717) is 23.4 Å². The van der Waals surface area contributed by atoms with Gasteiger partial charge in [-0.2, -0.15) is 10.2 Å². The third-order valence-electron chi connectivity index (χ3n) is 3.45. The fourth-order valence-corrected chi connectivity index (χ4v) is 2.35. The minimum atomic E-state index is -0.310. The smallest absolute Gasteiger partial charge is 0.264 e. The highest BCUT2D eigenvalue weighted by Gasteiger charge is 2.12. The molecule has 0 radical (unpaired) electrons. The Morgan fingerprint density at radius 3 is 2.96 bits per heavy atom. The van der Waals surface area contributed by atoms with Gasteiger partial charge in [0.15, 0.2) is 5.65 Å². The maximum Gasteiger partial charge on any atom is 0.264 e. The first kappa shape index (κ1) is 14.9. The van der Waals surface area contributed by atoms with Crippen molar-refractivity contribution in [2.24, 2.45) is 7.05 Å². The molecule has 1 amide bonds. The summed E-state index contributed by atoms with van der Waals surface area (Å²) < 4.78 is 4.49. The number of rotatable bonds is 5. The van der Waals surface area contributed by atoms with Gasteiger partial charge >= 0.3 is 0 Å². The van der Waals surface area contributed by atoms with Crippen LogP contribution >= 0.6 is 0 Å². The Bertz CT molecular complexity index is 905. The molecule has 120 valence electrons. The van der Waals surface area contributed by atoms with Gasteiger partial charge in [0.05, 0.1) is 12.4 Å². The van der Waals surface area contributed by atoms with Crippen LogP contribution in [0.15, 0.2) is 29.6 Å². The summed E-state index contributed by atoms with van der Waals surface area (Å²) in [7, 11) is 1.71. The molecule has 0 saturated carbocycles. The van der Waals surface area contributed by atoms with E-state index in [1.807, 2.05) is 6.92 Å². The van der Waals surface area contributed by atoms with Crippen LogP contribution in [-0.2, 0) is 24.9 Å². The van der Waals surface area contributed by atoms with Gasteiger partial charge in [0.1, 0.15) is 24.1 Å². The molecule has 3 rings (SSSR count). The van der Waals surface area contributed by atoms with Crippen LogP contribution in [0.2, 0.25) is 0 Å². The van der Waals surface area contributed by atoms with Crippen LogP contribution in [0.25, 0.3) is 11.0 Å². The molecule has 9 heteroatoms. The highest BCUT2D eigenvalue weighted by atomic mass is 16.2. The predicted molar refractivity (Wildman–Crippen MR) is 83.9 cm³/mol. The fraction of sp³-hybridized carbons (Fsp3) is 0.357. The van der Waals surface area contributed by atoms with Crippen LogP contribution in [-0.4, -0.2) is 35.0 Å². The number of aryl methyl sites for hydroxylation is 2. The molecule has 0 aliphatic rings. The standard InChI is InChI=1S/C14H17N7O2/c1-3-6-21-11(4-5-16-21)18-12(22)8-20-9-15-13-10(14(20)23)7-17-19(13)2/h4-5,7,9H,3,6,8H2,1-2H3,(H,18,22). The first-order valence-corrected chi connectivity index (χ1v) is 7.29. The Labute approximate surface area is 131 Å². The summed E-state index contributed by atoms with van der Waals surface area (Å²) in [6.07, 6.45) is 5.34. The first-order chi connectivity index (χ1) is 11.1. The van der Waals surface area contributed by atoms with Crippen molar-refractivity contribution >= 4 is 22.8 Å². The molecule has 0 atom stereocenters. The number of hydrogen-bond acceptors (Lipinski definition) is 5. The van der Waals surface area contributed by atoms with E-state index in [9.17, 15) is 9.59 Å². The monoisotopic (exact) mass is 315 g/mol. The van der Waals surface area contributed by atoms with E-state index in [1.165, 1.54) is 21.8 Å². The van der Waals surface area contributed by atoms with E-state index in [-0.39, 0.29) is 18.0 Å². The Morgan fingerprint density at radius 2 is 2.17 bits per heavy atom. The van der Waals surface area contributed by atoms with Crippen LogP contribution in [0, 0.1) is 0 Å². The Balaban J connectivity index is 1.79. The summed E-state index contributed by atoms with van der Waals surface area (Å²) in [5.41, 5.74) is 0.202. The lowest BCUT2D eigenvalue weighted by molar-refractivity contribution is -0.116. The lowest BCUT2D eigenvalue weighted by atomic mass is 10.4. The zero-order valence-corrected chi connectivity index (χ0v) is 12.9. The molecular formula is C14H17N7O2. The molecule has 0 aliphatic carbocycles. The molecule has 0 spiro atoms. The molecule has 0 unspecified atom stereocenters. The van der Waals surface area contributed by atoms with Gasteiger partial charge in [-0.15, -0.1) is 0 Å². The van der Waals surface area contributed by atoms with E-state index < -0.39 is 0 Å². The third kappa shape index (κ3) is 2.85. The lowest BCUT2D eigenvalue weighted by Crippen LogP contribution is -2.28. The molecule has 23 heavy (non-hydrogen) atoms. The number of nitrogens with zero attached hydrogens (tertiary/aromatic N) is 6. The molecule has 3 aromatic heterocycles. The maximum absolute atomic E-state index is 12.3. The minimum Gasteiger partial charge on any atom is -0.309 e. The van der Waals surface area contributed by atoms with Crippen molar-refractivity contribution in [1.82, 2.24) is 29.1 Å². The number of amides is 1. The Kier molecular flexibility index (Phi) is 3.92. The topological polar surface area (TPSA) is 99.6 Å². The Hall–Kier alpha value is -2.97. The quantitative estimate of drug-likeness (QED) is 0.733. The van der Waals surface area contributed by atoms with Gasteiger partial charge in [-0.3, -0.25) is 18.8 Å². The zero-order valence-electron chi connectivity index (χ0n) is 12.9. The number of nitrogens with one attached hydrogen (secondary N) is 1. The number of anilines is 1. The van der Waals surface area contributed by atoms with Crippen LogP contribution in [0.4, 0.5) is 5.82 Å². The summed E-state index contributed by atoms with van der Waals surface area (Å²) in [6.45, 7) is 2.63. The van der Waals surface area contributed by atoms with Crippen molar-refractivity contribution in [3.8, 4) is 0 Å². The molecule has 3 heterocycles. The van der Waals surface area contributed by atoms with Crippen molar-refractivity contribution < 1.29 is 4.79 Å². The Morgan fingerprint density at radius 1 is 1.35 bits per heavy atom.